The second kappa shape index (κ2) is 7.44. The van der Waals surface area contributed by atoms with Crippen LogP contribution in [0, 0.1) is 0 Å². The Labute approximate surface area is 143 Å². The number of anilines is 1. The molecule has 2 aromatic carbocycles. The first-order valence-corrected chi connectivity index (χ1v) is 9.03. The maximum Gasteiger partial charge on any atom is 0.237 e. The molecule has 0 spiro atoms. The molecule has 3 nitrogen and oxygen atoms in total. The zero-order chi connectivity index (χ0) is 16.1. The fourth-order valence-corrected chi connectivity index (χ4v) is 4.15. The molecule has 3 aromatic rings. The van der Waals surface area contributed by atoms with Gasteiger partial charge in [-0.25, -0.2) is 4.98 Å². The number of thioether (sulfide) groups is 1. The molecule has 0 aliphatic carbocycles. The SMILES string of the molecule is C=CCN(C(=O)CSc1nc2ccccc2s1)c1ccccc1. The van der Waals surface area contributed by atoms with Crippen LogP contribution in [0.5, 0.6) is 0 Å². The number of benzene rings is 2. The number of fused-ring (bicyclic) bond motifs is 1. The summed E-state index contributed by atoms with van der Waals surface area (Å²) in [6.07, 6.45) is 1.74. The fraction of sp³-hybridized carbons (Fsp3) is 0.111. The van der Waals surface area contributed by atoms with Gasteiger partial charge in [0.2, 0.25) is 5.91 Å². The van der Waals surface area contributed by atoms with Gasteiger partial charge in [0, 0.05) is 12.2 Å². The Balaban J connectivity index is 1.70. The van der Waals surface area contributed by atoms with Gasteiger partial charge in [0.25, 0.3) is 0 Å². The second-order valence-electron chi connectivity index (χ2n) is 4.86. The molecule has 0 N–H and O–H groups in total. The van der Waals surface area contributed by atoms with Crippen molar-refractivity contribution in [3.8, 4) is 0 Å². The van der Waals surface area contributed by atoms with Crippen LogP contribution in [0.3, 0.4) is 0 Å². The van der Waals surface area contributed by atoms with Crippen LogP contribution < -0.4 is 4.90 Å². The number of thiazole rings is 1. The molecule has 5 heteroatoms. The van der Waals surface area contributed by atoms with Gasteiger partial charge in [-0.1, -0.05) is 48.2 Å². The first-order chi connectivity index (χ1) is 11.3. The van der Waals surface area contributed by atoms with Crippen molar-refractivity contribution in [2.75, 3.05) is 17.2 Å². The van der Waals surface area contributed by atoms with E-state index in [1.165, 1.54) is 11.8 Å². The first kappa shape index (κ1) is 15.8. The largest absolute Gasteiger partial charge is 0.308 e. The van der Waals surface area contributed by atoms with Crippen LogP contribution >= 0.6 is 23.1 Å². The van der Waals surface area contributed by atoms with Gasteiger partial charge < -0.3 is 4.90 Å². The highest BCUT2D eigenvalue weighted by molar-refractivity contribution is 8.01. The van der Waals surface area contributed by atoms with E-state index in [0.29, 0.717) is 12.3 Å². The van der Waals surface area contributed by atoms with Gasteiger partial charge >= 0.3 is 0 Å². The number of hydrogen-bond acceptors (Lipinski definition) is 4. The minimum atomic E-state index is 0.0559. The van der Waals surface area contributed by atoms with Crippen LogP contribution in [0.1, 0.15) is 0 Å². The number of rotatable bonds is 6. The fourth-order valence-electron chi connectivity index (χ4n) is 2.20. The standard InChI is InChI=1S/C18H16N2OS2/c1-2-12-20(14-8-4-3-5-9-14)17(21)13-22-18-19-15-10-6-7-11-16(15)23-18/h2-11H,1,12-13H2. The summed E-state index contributed by atoms with van der Waals surface area (Å²) in [6, 6.07) is 17.7. The quantitative estimate of drug-likeness (QED) is 0.485. The normalized spacial score (nSPS) is 10.6. The molecule has 0 fully saturated rings. The summed E-state index contributed by atoms with van der Waals surface area (Å²) in [5.41, 5.74) is 1.88. The van der Waals surface area contributed by atoms with E-state index >= 15 is 0 Å². The van der Waals surface area contributed by atoms with Crippen LogP contribution in [0.25, 0.3) is 10.2 Å². The Morgan fingerprint density at radius 2 is 1.91 bits per heavy atom. The lowest BCUT2D eigenvalue weighted by Crippen LogP contribution is -2.32. The van der Waals surface area contributed by atoms with Crippen molar-refractivity contribution in [3.05, 3.63) is 67.3 Å². The molecule has 1 aromatic heterocycles. The topological polar surface area (TPSA) is 33.2 Å². The third-order valence-corrected chi connectivity index (χ3v) is 5.44. The number of aromatic nitrogens is 1. The van der Waals surface area contributed by atoms with Gasteiger partial charge in [0.05, 0.1) is 16.0 Å². The van der Waals surface area contributed by atoms with E-state index in [9.17, 15) is 4.79 Å². The molecule has 0 aliphatic heterocycles. The molecular formula is C18H16N2OS2. The molecule has 0 atom stereocenters. The predicted molar refractivity (Wildman–Crippen MR) is 99.3 cm³/mol. The number of carbonyl (C=O) groups excluding carboxylic acids is 1. The maximum absolute atomic E-state index is 12.6. The Hall–Kier alpha value is -2.11. The van der Waals surface area contributed by atoms with E-state index in [-0.39, 0.29) is 5.91 Å². The van der Waals surface area contributed by atoms with Crippen LogP contribution in [0.15, 0.2) is 71.6 Å². The van der Waals surface area contributed by atoms with Crippen molar-refractivity contribution in [1.29, 1.82) is 0 Å². The van der Waals surface area contributed by atoms with Gasteiger partial charge in [0.1, 0.15) is 0 Å². The molecule has 3 rings (SSSR count). The monoisotopic (exact) mass is 340 g/mol. The number of amides is 1. The lowest BCUT2D eigenvalue weighted by Gasteiger charge is -2.20. The van der Waals surface area contributed by atoms with Crippen LogP contribution in [0.2, 0.25) is 0 Å². The zero-order valence-electron chi connectivity index (χ0n) is 12.5. The van der Waals surface area contributed by atoms with Gasteiger partial charge in [-0.3, -0.25) is 4.79 Å². The third-order valence-electron chi connectivity index (χ3n) is 3.27. The lowest BCUT2D eigenvalue weighted by molar-refractivity contribution is -0.116. The Bertz CT molecular complexity index is 781. The Morgan fingerprint density at radius 3 is 2.65 bits per heavy atom. The summed E-state index contributed by atoms with van der Waals surface area (Å²) < 4.78 is 2.07. The van der Waals surface area contributed by atoms with Crippen molar-refractivity contribution >= 4 is 44.9 Å². The van der Waals surface area contributed by atoms with Crippen molar-refractivity contribution in [3.63, 3.8) is 0 Å². The summed E-state index contributed by atoms with van der Waals surface area (Å²) in [6.45, 7) is 4.25. The van der Waals surface area contributed by atoms with Crippen LogP contribution in [0.4, 0.5) is 5.69 Å². The molecule has 0 radical (unpaired) electrons. The van der Waals surface area contributed by atoms with E-state index in [4.69, 9.17) is 0 Å². The molecule has 0 bridgehead atoms. The van der Waals surface area contributed by atoms with Crippen molar-refractivity contribution in [1.82, 2.24) is 4.98 Å². The number of nitrogens with zero attached hydrogens (tertiary/aromatic N) is 2. The first-order valence-electron chi connectivity index (χ1n) is 7.22. The van der Waals surface area contributed by atoms with Crippen LogP contribution in [-0.4, -0.2) is 23.2 Å². The summed E-state index contributed by atoms with van der Waals surface area (Å²) >= 11 is 3.11. The highest BCUT2D eigenvalue weighted by Crippen LogP contribution is 2.29. The van der Waals surface area contributed by atoms with Crippen molar-refractivity contribution < 1.29 is 4.79 Å². The highest BCUT2D eigenvalue weighted by Gasteiger charge is 2.15. The Morgan fingerprint density at radius 1 is 1.17 bits per heavy atom. The van der Waals surface area contributed by atoms with Gasteiger partial charge in [-0.2, -0.15) is 0 Å². The molecular weight excluding hydrogens is 324 g/mol. The summed E-state index contributed by atoms with van der Waals surface area (Å²) in [7, 11) is 0. The molecule has 1 heterocycles. The van der Waals surface area contributed by atoms with E-state index in [0.717, 1.165) is 20.2 Å². The molecule has 0 saturated carbocycles. The summed E-state index contributed by atoms with van der Waals surface area (Å²) in [4.78, 5) is 18.9. The number of para-hydroxylation sites is 2. The minimum Gasteiger partial charge on any atom is -0.308 e. The molecule has 0 aliphatic rings. The molecule has 0 unspecified atom stereocenters. The minimum absolute atomic E-state index is 0.0559. The van der Waals surface area contributed by atoms with Gasteiger partial charge in [-0.15, -0.1) is 17.9 Å². The second-order valence-corrected chi connectivity index (χ2v) is 7.12. The van der Waals surface area contributed by atoms with E-state index < -0.39 is 0 Å². The predicted octanol–water partition coefficient (Wildman–Crippen LogP) is 4.61. The van der Waals surface area contributed by atoms with Crippen LogP contribution in [-0.2, 0) is 4.79 Å². The average Bonchev–Trinajstić information content (AvgIpc) is 3.01. The summed E-state index contributed by atoms with van der Waals surface area (Å²) in [5.74, 6) is 0.420. The molecule has 116 valence electrons. The van der Waals surface area contributed by atoms with Gasteiger partial charge in [-0.05, 0) is 24.3 Å². The summed E-state index contributed by atoms with van der Waals surface area (Å²) in [5, 5.41) is 0. The molecule has 23 heavy (non-hydrogen) atoms. The molecule has 0 saturated heterocycles. The maximum atomic E-state index is 12.6. The van der Waals surface area contributed by atoms with E-state index in [1.807, 2.05) is 54.6 Å². The number of hydrogen-bond donors (Lipinski definition) is 0. The lowest BCUT2D eigenvalue weighted by atomic mass is 10.3. The molecule has 1 amide bonds. The third kappa shape index (κ3) is 3.81. The van der Waals surface area contributed by atoms with Crippen molar-refractivity contribution in [2.45, 2.75) is 4.34 Å². The zero-order valence-corrected chi connectivity index (χ0v) is 14.1. The Kier molecular flexibility index (Phi) is 5.10. The van der Waals surface area contributed by atoms with Gasteiger partial charge in [0.15, 0.2) is 4.34 Å². The number of carbonyl (C=O) groups is 1. The average molecular weight is 340 g/mol. The van der Waals surface area contributed by atoms with Crippen molar-refractivity contribution in [2.24, 2.45) is 0 Å². The highest BCUT2D eigenvalue weighted by atomic mass is 32.2. The smallest absolute Gasteiger partial charge is 0.237 e. The van der Waals surface area contributed by atoms with E-state index in [2.05, 4.69) is 11.6 Å². The van der Waals surface area contributed by atoms with E-state index in [1.54, 1.807) is 22.3 Å².